The Balaban J connectivity index is 1.84. The number of halogens is 1. The van der Waals surface area contributed by atoms with Gasteiger partial charge >= 0.3 is 0 Å². The van der Waals surface area contributed by atoms with Crippen LogP contribution in [0, 0.1) is 12.7 Å². The lowest BCUT2D eigenvalue weighted by Crippen LogP contribution is -2.58. The molecule has 0 bridgehead atoms. The molecule has 0 aliphatic carbocycles. The molecule has 0 unspecified atom stereocenters. The first-order chi connectivity index (χ1) is 9.69. The van der Waals surface area contributed by atoms with Gasteiger partial charge in [0.25, 0.3) is 0 Å². The summed E-state index contributed by atoms with van der Waals surface area (Å²) in [6, 6.07) is 0.293. The Morgan fingerprint density at radius 1 is 1.35 bits per heavy atom. The molecule has 110 valence electrons. The number of aryl methyl sites for hydroxylation is 1. The Morgan fingerprint density at radius 2 is 2.20 bits per heavy atom. The maximum Gasteiger partial charge on any atom is 0.209 e. The number of fused-ring (bicyclic) bond motifs is 1. The standard InChI is InChI=1S/C12H19FN6O/c1-8-15-11(17-14)10(13)12(16-8)19-3-2-18-4-5-20-7-9(18)6-19/h9H,2-7,14H2,1H3,(H,15,16,17)/t9-/m0/s1. The molecule has 3 rings (SSSR count). The van der Waals surface area contributed by atoms with Crippen molar-refractivity contribution in [2.75, 3.05) is 49.7 Å². The number of aromatic nitrogens is 2. The molecule has 7 nitrogen and oxygen atoms in total. The number of nitrogen functional groups attached to an aromatic ring is 1. The molecule has 0 aromatic carbocycles. The van der Waals surface area contributed by atoms with Crippen LogP contribution in [0.1, 0.15) is 5.82 Å². The van der Waals surface area contributed by atoms with Crippen molar-refractivity contribution in [3.63, 3.8) is 0 Å². The fourth-order valence-corrected chi connectivity index (χ4v) is 2.79. The van der Waals surface area contributed by atoms with Crippen molar-refractivity contribution < 1.29 is 9.13 Å². The van der Waals surface area contributed by atoms with Gasteiger partial charge in [-0.1, -0.05) is 0 Å². The normalized spacial score (nSPS) is 23.6. The van der Waals surface area contributed by atoms with E-state index in [0.717, 1.165) is 26.2 Å². The predicted octanol–water partition coefficient (Wildman–Crippen LogP) is -0.269. The highest BCUT2D eigenvalue weighted by atomic mass is 19.1. The Bertz CT molecular complexity index is 499. The molecule has 0 saturated carbocycles. The van der Waals surface area contributed by atoms with E-state index in [0.29, 0.717) is 30.8 Å². The van der Waals surface area contributed by atoms with E-state index in [1.165, 1.54) is 0 Å². The lowest BCUT2D eigenvalue weighted by molar-refractivity contribution is -0.0118. The van der Waals surface area contributed by atoms with E-state index in [1.807, 2.05) is 4.90 Å². The highest BCUT2D eigenvalue weighted by Gasteiger charge is 2.31. The minimum atomic E-state index is -0.497. The van der Waals surface area contributed by atoms with E-state index >= 15 is 0 Å². The van der Waals surface area contributed by atoms with Gasteiger partial charge < -0.3 is 15.1 Å². The summed E-state index contributed by atoms with van der Waals surface area (Å²) >= 11 is 0. The topological polar surface area (TPSA) is 79.5 Å². The molecule has 0 radical (unpaired) electrons. The molecule has 2 fully saturated rings. The predicted molar refractivity (Wildman–Crippen MR) is 72.9 cm³/mol. The van der Waals surface area contributed by atoms with Gasteiger partial charge in [-0.3, -0.25) is 4.90 Å². The van der Waals surface area contributed by atoms with E-state index < -0.39 is 5.82 Å². The number of nitrogens with zero attached hydrogens (tertiary/aromatic N) is 4. The first kappa shape index (κ1) is 13.5. The molecule has 1 atom stereocenters. The number of anilines is 2. The van der Waals surface area contributed by atoms with Gasteiger partial charge in [0.2, 0.25) is 5.82 Å². The van der Waals surface area contributed by atoms with Crippen LogP contribution in [-0.2, 0) is 4.74 Å². The third-order valence-electron chi connectivity index (χ3n) is 3.82. The molecule has 0 amide bonds. The van der Waals surface area contributed by atoms with Crippen molar-refractivity contribution in [2.24, 2.45) is 5.84 Å². The van der Waals surface area contributed by atoms with Crippen molar-refractivity contribution >= 4 is 11.6 Å². The van der Waals surface area contributed by atoms with Crippen LogP contribution in [0.3, 0.4) is 0 Å². The van der Waals surface area contributed by atoms with Crippen molar-refractivity contribution in [3.05, 3.63) is 11.6 Å². The van der Waals surface area contributed by atoms with Gasteiger partial charge in [0.15, 0.2) is 11.6 Å². The molecule has 1 aromatic rings. The van der Waals surface area contributed by atoms with Gasteiger partial charge in [-0.25, -0.2) is 15.8 Å². The first-order valence-electron chi connectivity index (χ1n) is 6.76. The van der Waals surface area contributed by atoms with Crippen LogP contribution in [0.5, 0.6) is 0 Å². The molecule has 0 spiro atoms. The van der Waals surface area contributed by atoms with Crippen LogP contribution in [0.15, 0.2) is 0 Å². The molecule has 2 saturated heterocycles. The fraction of sp³-hybridized carbons (Fsp3) is 0.667. The van der Waals surface area contributed by atoms with Crippen LogP contribution >= 0.6 is 0 Å². The van der Waals surface area contributed by atoms with E-state index in [4.69, 9.17) is 10.6 Å². The van der Waals surface area contributed by atoms with E-state index in [-0.39, 0.29) is 5.82 Å². The second kappa shape index (κ2) is 5.47. The SMILES string of the molecule is Cc1nc(NN)c(F)c(N2CCN3CCOC[C@@H]3C2)n1. The maximum atomic E-state index is 14.3. The fourth-order valence-electron chi connectivity index (χ4n) is 2.79. The third kappa shape index (κ3) is 2.41. The highest BCUT2D eigenvalue weighted by Crippen LogP contribution is 2.25. The van der Waals surface area contributed by atoms with Gasteiger partial charge in [0.05, 0.1) is 19.3 Å². The number of hydrogen-bond acceptors (Lipinski definition) is 7. The summed E-state index contributed by atoms with van der Waals surface area (Å²) in [7, 11) is 0. The molecule has 20 heavy (non-hydrogen) atoms. The zero-order valence-corrected chi connectivity index (χ0v) is 11.5. The summed E-state index contributed by atoms with van der Waals surface area (Å²) in [5.74, 6) is 5.65. The molecule has 1 aromatic heterocycles. The van der Waals surface area contributed by atoms with Crippen molar-refractivity contribution in [1.82, 2.24) is 14.9 Å². The maximum absolute atomic E-state index is 14.3. The quantitative estimate of drug-likeness (QED) is 0.571. The number of morpholine rings is 1. The summed E-state index contributed by atoms with van der Waals surface area (Å²) in [5.41, 5.74) is 2.28. The van der Waals surface area contributed by atoms with E-state index in [9.17, 15) is 4.39 Å². The zero-order chi connectivity index (χ0) is 14.1. The van der Waals surface area contributed by atoms with E-state index in [2.05, 4.69) is 20.3 Å². The molecule has 2 aliphatic rings. The number of rotatable bonds is 2. The van der Waals surface area contributed by atoms with Crippen molar-refractivity contribution in [1.29, 1.82) is 0 Å². The van der Waals surface area contributed by atoms with Crippen LogP contribution in [-0.4, -0.2) is 60.3 Å². The summed E-state index contributed by atoms with van der Waals surface area (Å²) in [4.78, 5) is 12.5. The Hall–Kier alpha value is -1.51. The summed E-state index contributed by atoms with van der Waals surface area (Å²) < 4.78 is 19.8. The van der Waals surface area contributed by atoms with Gasteiger partial charge in [0, 0.05) is 26.2 Å². The molecular weight excluding hydrogens is 263 g/mol. The number of nitrogens with two attached hydrogens (primary N) is 1. The Kier molecular flexibility index (Phi) is 3.68. The van der Waals surface area contributed by atoms with Crippen molar-refractivity contribution in [2.45, 2.75) is 13.0 Å². The summed E-state index contributed by atoms with van der Waals surface area (Å²) in [6.45, 7) is 6.47. The Morgan fingerprint density at radius 3 is 3.00 bits per heavy atom. The summed E-state index contributed by atoms with van der Waals surface area (Å²) in [6.07, 6.45) is 0. The number of piperazine rings is 1. The van der Waals surface area contributed by atoms with Gasteiger partial charge in [-0.15, -0.1) is 0 Å². The lowest BCUT2D eigenvalue weighted by Gasteiger charge is -2.44. The van der Waals surface area contributed by atoms with Crippen molar-refractivity contribution in [3.8, 4) is 0 Å². The lowest BCUT2D eigenvalue weighted by atomic mass is 10.1. The minimum Gasteiger partial charge on any atom is -0.378 e. The molecular formula is C12H19FN6O. The number of hydrogen-bond donors (Lipinski definition) is 2. The van der Waals surface area contributed by atoms with Crippen LogP contribution in [0.25, 0.3) is 0 Å². The monoisotopic (exact) mass is 282 g/mol. The smallest absolute Gasteiger partial charge is 0.209 e. The second-order valence-electron chi connectivity index (χ2n) is 5.11. The average molecular weight is 282 g/mol. The second-order valence-corrected chi connectivity index (χ2v) is 5.11. The zero-order valence-electron chi connectivity index (χ0n) is 11.5. The summed E-state index contributed by atoms with van der Waals surface area (Å²) in [5, 5.41) is 0. The highest BCUT2D eigenvalue weighted by molar-refractivity contribution is 5.51. The molecule has 3 N–H and O–H groups in total. The molecule has 8 heteroatoms. The van der Waals surface area contributed by atoms with Gasteiger partial charge in [0.1, 0.15) is 5.82 Å². The van der Waals surface area contributed by atoms with Crippen LogP contribution in [0.2, 0.25) is 0 Å². The largest absolute Gasteiger partial charge is 0.378 e. The number of nitrogens with one attached hydrogen (secondary N) is 1. The van der Waals surface area contributed by atoms with Crippen LogP contribution in [0.4, 0.5) is 16.0 Å². The number of ether oxygens (including phenoxy) is 1. The first-order valence-corrected chi connectivity index (χ1v) is 6.76. The molecule has 2 aliphatic heterocycles. The van der Waals surface area contributed by atoms with E-state index in [1.54, 1.807) is 6.92 Å². The third-order valence-corrected chi connectivity index (χ3v) is 3.82. The van der Waals surface area contributed by atoms with Crippen LogP contribution < -0.4 is 16.2 Å². The average Bonchev–Trinajstić information content (AvgIpc) is 2.48. The minimum absolute atomic E-state index is 0.0369. The Labute approximate surface area is 116 Å². The molecule has 3 heterocycles. The van der Waals surface area contributed by atoms with Gasteiger partial charge in [-0.2, -0.15) is 4.39 Å². The van der Waals surface area contributed by atoms with Gasteiger partial charge in [-0.05, 0) is 6.92 Å². The number of hydrazine groups is 1.